The molecular formula is C18H18ClFN5O3. The molecule has 0 bridgehead atoms. The van der Waals surface area contributed by atoms with E-state index in [0.717, 1.165) is 11.1 Å². The molecule has 1 aliphatic heterocycles. The summed E-state index contributed by atoms with van der Waals surface area (Å²) in [5.41, 5.74) is 2.81. The van der Waals surface area contributed by atoms with Crippen molar-refractivity contribution in [2.45, 2.75) is 38.1 Å². The maximum absolute atomic E-state index is 14.5. The zero-order valence-corrected chi connectivity index (χ0v) is 15.7. The molecule has 0 saturated carbocycles. The SMILES string of the molecule is Cc1cccc(CNc2nc(Cl)nc3c2ncn3[C@@H]2O[C@H](C[O])[C@@H](O)[C@@H]2F)c1. The molecule has 3 aromatic rings. The first kappa shape index (κ1) is 19.0. The van der Waals surface area contributed by atoms with Crippen molar-refractivity contribution >= 4 is 28.6 Å². The van der Waals surface area contributed by atoms with Crippen molar-refractivity contribution in [3.05, 3.63) is 47.0 Å². The third-order valence-electron chi connectivity index (χ3n) is 4.67. The summed E-state index contributed by atoms with van der Waals surface area (Å²) in [5, 5.41) is 24.0. The molecule has 10 heteroatoms. The van der Waals surface area contributed by atoms with Gasteiger partial charge in [-0.05, 0) is 24.1 Å². The van der Waals surface area contributed by atoms with E-state index in [1.165, 1.54) is 10.9 Å². The van der Waals surface area contributed by atoms with Crippen LogP contribution in [0.25, 0.3) is 11.2 Å². The molecule has 4 atom stereocenters. The summed E-state index contributed by atoms with van der Waals surface area (Å²) in [6.07, 6.45) is -4.29. The summed E-state index contributed by atoms with van der Waals surface area (Å²) in [6.45, 7) is 1.74. The first-order chi connectivity index (χ1) is 13.5. The second-order valence-electron chi connectivity index (χ2n) is 6.67. The van der Waals surface area contributed by atoms with Crippen molar-refractivity contribution in [1.29, 1.82) is 0 Å². The first-order valence-electron chi connectivity index (χ1n) is 8.73. The third-order valence-corrected chi connectivity index (χ3v) is 4.84. The maximum atomic E-state index is 14.5. The highest BCUT2D eigenvalue weighted by atomic mass is 35.5. The summed E-state index contributed by atoms with van der Waals surface area (Å²) < 4.78 is 21.2. The number of aliphatic hydroxyl groups excluding tert-OH is 1. The lowest BCUT2D eigenvalue weighted by Crippen LogP contribution is -2.30. The molecule has 8 nitrogen and oxygen atoms in total. The van der Waals surface area contributed by atoms with Crippen LogP contribution in [-0.4, -0.2) is 49.6 Å². The van der Waals surface area contributed by atoms with Crippen molar-refractivity contribution in [1.82, 2.24) is 19.5 Å². The van der Waals surface area contributed by atoms with Crippen molar-refractivity contribution in [2.75, 3.05) is 11.9 Å². The second kappa shape index (κ2) is 7.59. The second-order valence-corrected chi connectivity index (χ2v) is 7.01. The molecule has 1 aromatic carbocycles. The molecule has 1 aliphatic rings. The van der Waals surface area contributed by atoms with Crippen LogP contribution in [0, 0.1) is 6.92 Å². The maximum Gasteiger partial charge on any atom is 0.226 e. The number of anilines is 1. The van der Waals surface area contributed by atoms with Crippen LogP contribution in [0.1, 0.15) is 17.4 Å². The van der Waals surface area contributed by atoms with E-state index < -0.39 is 31.2 Å². The number of rotatable bonds is 5. The van der Waals surface area contributed by atoms with E-state index in [1.807, 2.05) is 31.2 Å². The minimum atomic E-state index is -1.78. The Morgan fingerprint density at radius 3 is 2.93 bits per heavy atom. The van der Waals surface area contributed by atoms with Crippen molar-refractivity contribution in [3.8, 4) is 0 Å². The van der Waals surface area contributed by atoms with Crippen LogP contribution in [0.3, 0.4) is 0 Å². The van der Waals surface area contributed by atoms with Crippen LogP contribution in [0.5, 0.6) is 0 Å². The number of alkyl halides is 1. The van der Waals surface area contributed by atoms with E-state index in [9.17, 15) is 14.6 Å². The number of ether oxygens (including phenoxy) is 1. The van der Waals surface area contributed by atoms with Crippen molar-refractivity contribution < 1.29 is 19.3 Å². The van der Waals surface area contributed by atoms with E-state index in [1.54, 1.807) is 0 Å². The lowest BCUT2D eigenvalue weighted by molar-refractivity contribution is -0.0593. The molecular weight excluding hydrogens is 389 g/mol. The minimum absolute atomic E-state index is 0.0460. The number of halogens is 2. The topological polar surface area (TPSA) is 105 Å². The van der Waals surface area contributed by atoms with Gasteiger partial charge in [0.1, 0.15) is 18.8 Å². The lowest BCUT2D eigenvalue weighted by atomic mass is 10.1. The third kappa shape index (κ3) is 3.42. The molecule has 0 aliphatic carbocycles. The largest absolute Gasteiger partial charge is 0.387 e. The van der Waals surface area contributed by atoms with E-state index in [2.05, 4.69) is 20.3 Å². The van der Waals surface area contributed by atoms with Gasteiger partial charge in [-0.3, -0.25) is 4.57 Å². The quantitative estimate of drug-likeness (QED) is 0.630. The zero-order chi connectivity index (χ0) is 19.8. The molecule has 4 rings (SSSR count). The van der Waals surface area contributed by atoms with Gasteiger partial charge in [-0.25, -0.2) is 14.5 Å². The fourth-order valence-corrected chi connectivity index (χ4v) is 3.44. The Labute approximate surface area is 165 Å². The van der Waals surface area contributed by atoms with Crippen LogP contribution in [0.4, 0.5) is 10.2 Å². The Hall–Kier alpha value is -2.33. The predicted octanol–water partition coefficient (Wildman–Crippen LogP) is 2.43. The number of aromatic nitrogens is 4. The number of aliphatic hydroxyl groups is 1. The average molecular weight is 407 g/mol. The van der Waals surface area contributed by atoms with Crippen LogP contribution >= 0.6 is 11.6 Å². The zero-order valence-electron chi connectivity index (χ0n) is 14.9. The Bertz CT molecular complexity index is 1000. The first-order valence-corrected chi connectivity index (χ1v) is 9.11. The van der Waals surface area contributed by atoms with E-state index >= 15 is 0 Å². The molecule has 1 radical (unpaired) electrons. The number of benzene rings is 1. The molecule has 2 aromatic heterocycles. The standard InChI is InChI=1S/C18H18ClFN5O3/c1-9-3-2-4-10(5-9)6-21-15-13-16(24-18(19)23-15)25(8-22-13)17-12(20)14(27)11(7-26)28-17/h2-5,8,11-12,14,17,27H,6-7H2,1H3,(H,21,23,24)/t11-,12+,14-,17-/m1/s1. The molecule has 28 heavy (non-hydrogen) atoms. The van der Waals surface area contributed by atoms with Crippen LogP contribution in [0.15, 0.2) is 30.6 Å². The molecule has 0 spiro atoms. The average Bonchev–Trinajstić information content (AvgIpc) is 3.21. The number of hydrogen-bond acceptors (Lipinski definition) is 6. The summed E-state index contributed by atoms with van der Waals surface area (Å²) in [6, 6.07) is 7.98. The fraction of sp³-hybridized carbons (Fsp3) is 0.389. The number of nitrogens with zero attached hydrogens (tertiary/aromatic N) is 4. The molecule has 147 valence electrons. The lowest BCUT2D eigenvalue weighted by Gasteiger charge is -2.15. The van der Waals surface area contributed by atoms with Gasteiger partial charge in [0.05, 0.1) is 6.33 Å². The fourth-order valence-electron chi connectivity index (χ4n) is 3.27. The highest BCUT2D eigenvalue weighted by Crippen LogP contribution is 2.34. The molecule has 2 N–H and O–H groups in total. The molecule has 0 unspecified atom stereocenters. The normalized spacial score (nSPS) is 24.8. The van der Waals surface area contributed by atoms with E-state index in [0.29, 0.717) is 17.9 Å². The van der Waals surface area contributed by atoms with Crippen molar-refractivity contribution in [3.63, 3.8) is 0 Å². The number of nitrogens with one attached hydrogen (secondary N) is 1. The van der Waals surface area contributed by atoms with Gasteiger partial charge in [0.25, 0.3) is 0 Å². The van der Waals surface area contributed by atoms with Gasteiger partial charge in [-0.1, -0.05) is 29.8 Å². The summed E-state index contributed by atoms with van der Waals surface area (Å²) in [4.78, 5) is 12.6. The smallest absolute Gasteiger partial charge is 0.226 e. The molecule has 1 fully saturated rings. The highest BCUT2D eigenvalue weighted by molar-refractivity contribution is 6.28. The highest BCUT2D eigenvalue weighted by Gasteiger charge is 2.45. The Morgan fingerprint density at radius 1 is 1.39 bits per heavy atom. The minimum Gasteiger partial charge on any atom is -0.387 e. The summed E-state index contributed by atoms with van der Waals surface area (Å²) in [5.74, 6) is 0.393. The van der Waals surface area contributed by atoms with Gasteiger partial charge in [-0.2, -0.15) is 9.97 Å². The molecule has 0 amide bonds. The Balaban J connectivity index is 1.65. The van der Waals surface area contributed by atoms with Gasteiger partial charge < -0.3 is 15.2 Å². The Morgan fingerprint density at radius 2 is 2.21 bits per heavy atom. The summed E-state index contributed by atoms with van der Waals surface area (Å²) >= 11 is 6.05. The molecule has 1 saturated heterocycles. The van der Waals surface area contributed by atoms with Gasteiger partial charge in [0, 0.05) is 6.54 Å². The van der Waals surface area contributed by atoms with Gasteiger partial charge in [0.15, 0.2) is 29.4 Å². The number of imidazole rings is 1. The van der Waals surface area contributed by atoms with Crippen LogP contribution in [0.2, 0.25) is 5.28 Å². The van der Waals surface area contributed by atoms with E-state index in [-0.39, 0.29) is 10.9 Å². The van der Waals surface area contributed by atoms with Gasteiger partial charge in [0.2, 0.25) is 5.28 Å². The monoisotopic (exact) mass is 406 g/mol. The van der Waals surface area contributed by atoms with E-state index in [4.69, 9.17) is 16.3 Å². The van der Waals surface area contributed by atoms with Gasteiger partial charge in [-0.15, -0.1) is 0 Å². The number of hydrogen-bond donors (Lipinski definition) is 2. The summed E-state index contributed by atoms with van der Waals surface area (Å²) in [7, 11) is 0. The Kier molecular flexibility index (Phi) is 5.15. The number of aryl methyl sites for hydroxylation is 1. The molecule has 3 heterocycles. The number of fused-ring (bicyclic) bond motifs is 1. The van der Waals surface area contributed by atoms with Gasteiger partial charge >= 0.3 is 0 Å². The predicted molar refractivity (Wildman–Crippen MR) is 99.2 cm³/mol. The van der Waals surface area contributed by atoms with Crippen molar-refractivity contribution in [2.24, 2.45) is 0 Å². The van der Waals surface area contributed by atoms with Crippen LogP contribution < -0.4 is 5.32 Å². The van der Waals surface area contributed by atoms with Crippen LogP contribution in [-0.2, 0) is 16.4 Å².